The van der Waals surface area contributed by atoms with Crippen LogP contribution in [0.3, 0.4) is 0 Å². The van der Waals surface area contributed by atoms with Crippen molar-refractivity contribution in [1.82, 2.24) is 19.9 Å². The molecule has 4 aromatic rings. The maximum atomic E-state index is 11.5. The van der Waals surface area contributed by atoms with E-state index in [2.05, 4.69) is 13.2 Å². The van der Waals surface area contributed by atoms with Crippen LogP contribution in [0.5, 0.6) is 0 Å². The quantitative estimate of drug-likeness (QED) is 0.269. The number of carbonyl (C=O) groups is 2. The van der Waals surface area contributed by atoms with E-state index in [1.54, 1.807) is 12.2 Å². The molecule has 2 N–H and O–H groups in total. The number of nitrogens with zero attached hydrogens (tertiary/aromatic N) is 4. The number of hydrogen-bond acceptors (Lipinski definition) is 2. The van der Waals surface area contributed by atoms with Crippen LogP contribution in [0, 0.1) is 27.7 Å². The second-order valence-corrected chi connectivity index (χ2v) is 10.6. The molecule has 8 bridgehead atoms. The summed E-state index contributed by atoms with van der Waals surface area (Å²) in [4.78, 5) is 42.7. The van der Waals surface area contributed by atoms with Crippen molar-refractivity contribution >= 4 is 48.4 Å². The summed E-state index contributed by atoms with van der Waals surface area (Å²) in [6.07, 6.45) is 11.7. The fourth-order valence-corrected chi connectivity index (χ4v) is 5.61. The standard InChI is InChI=1S/C34H32N4O4.Co/c1-7-21-17(3)25-13-26-19(5)23(9-11-33(39)40)31(37-26)16-32-24(10-12-34(41)42)20(6)28(38-32)15-30-22(8-2)18(4)27(36-30)14-29(21)35-25;/h7-8,13-16H,1-2,9-12H2,3-6H3,(H,39,40)(H,41,42);/q-4;/b25-13-,26-13?,27-14?,28-15-,29-14-,30-15?,31-16?,32-16-;. The van der Waals surface area contributed by atoms with Crippen molar-refractivity contribution in [1.29, 1.82) is 0 Å². The minimum Gasteiger partial charge on any atom is -0.657 e. The Hall–Kier alpha value is -4.47. The molecule has 1 radical (unpaired) electrons. The summed E-state index contributed by atoms with van der Waals surface area (Å²) in [6.45, 7) is 15.9. The van der Waals surface area contributed by atoms with Crippen LogP contribution in [0.2, 0.25) is 0 Å². The van der Waals surface area contributed by atoms with E-state index in [1.165, 1.54) is 0 Å². The van der Waals surface area contributed by atoms with Crippen molar-refractivity contribution in [2.24, 2.45) is 0 Å². The number of carboxylic acids is 2. The van der Waals surface area contributed by atoms with Gasteiger partial charge < -0.3 is 30.1 Å². The summed E-state index contributed by atoms with van der Waals surface area (Å²) in [5.41, 5.74) is 9.84. The van der Waals surface area contributed by atoms with Crippen LogP contribution in [-0.2, 0) is 39.2 Å². The van der Waals surface area contributed by atoms with Crippen molar-refractivity contribution in [2.75, 3.05) is 0 Å². The molecule has 9 heteroatoms. The molecule has 8 nitrogen and oxygen atoms in total. The van der Waals surface area contributed by atoms with Gasteiger partial charge in [-0.1, -0.05) is 83.0 Å². The van der Waals surface area contributed by atoms with Crippen molar-refractivity contribution < 1.29 is 36.6 Å². The van der Waals surface area contributed by atoms with Gasteiger partial charge in [-0.25, -0.2) is 0 Å². The summed E-state index contributed by atoms with van der Waals surface area (Å²) < 4.78 is 0. The van der Waals surface area contributed by atoms with E-state index in [0.29, 0.717) is 40.6 Å². The average Bonchev–Trinajstić information content (AvgIpc) is 3.59. The Labute approximate surface area is 259 Å². The molecule has 5 heterocycles. The average molecular weight is 620 g/mol. The van der Waals surface area contributed by atoms with Crippen molar-refractivity contribution in [3.05, 3.63) is 102 Å². The molecule has 5 rings (SSSR count). The molecule has 0 amide bonds. The Balaban J connectivity index is 0.00000423. The molecular formula is C34H32CoN4O4-4. The first-order valence-electron chi connectivity index (χ1n) is 13.8. The number of carboxylic acid groups (broad SMARTS) is 2. The summed E-state index contributed by atoms with van der Waals surface area (Å²) in [6, 6.07) is 0. The second-order valence-electron chi connectivity index (χ2n) is 10.6. The van der Waals surface area contributed by atoms with Crippen molar-refractivity contribution in [3.63, 3.8) is 0 Å². The van der Waals surface area contributed by atoms with Crippen LogP contribution in [0.25, 0.3) is 36.5 Å². The van der Waals surface area contributed by atoms with E-state index in [0.717, 1.165) is 60.9 Å². The molecule has 0 saturated carbocycles. The molecule has 1 aliphatic rings. The molecule has 225 valence electrons. The van der Waals surface area contributed by atoms with Crippen LogP contribution < -0.4 is 41.3 Å². The third-order valence-electron chi connectivity index (χ3n) is 8.06. The first kappa shape index (κ1) is 31.5. The smallest absolute Gasteiger partial charge is 0.303 e. The summed E-state index contributed by atoms with van der Waals surface area (Å²) in [7, 11) is 0. The van der Waals surface area contributed by atoms with Crippen molar-refractivity contribution in [2.45, 2.75) is 53.4 Å². The van der Waals surface area contributed by atoms with E-state index < -0.39 is 11.9 Å². The molecule has 4 aromatic heterocycles. The van der Waals surface area contributed by atoms with Gasteiger partial charge in [0.05, 0.1) is 0 Å². The molecule has 0 fully saturated rings. The van der Waals surface area contributed by atoms with E-state index in [9.17, 15) is 19.8 Å². The van der Waals surface area contributed by atoms with Gasteiger partial charge in [0.25, 0.3) is 0 Å². The molecule has 1 aliphatic heterocycles. The van der Waals surface area contributed by atoms with Gasteiger partial charge >= 0.3 is 11.9 Å². The van der Waals surface area contributed by atoms with Crippen LogP contribution in [0.15, 0.2) is 13.2 Å². The predicted octanol–water partition coefficient (Wildman–Crippen LogP) is 1.70. The van der Waals surface area contributed by atoms with E-state index in [1.807, 2.05) is 52.0 Å². The topological polar surface area (TPSA) is 131 Å². The van der Waals surface area contributed by atoms with Gasteiger partial charge in [-0.15, -0.1) is 44.2 Å². The van der Waals surface area contributed by atoms with Crippen LogP contribution in [0.4, 0.5) is 0 Å². The molecule has 0 unspecified atom stereocenters. The van der Waals surface area contributed by atoms with Gasteiger partial charge in [0.1, 0.15) is 0 Å². The Morgan fingerprint density at radius 3 is 1.72 bits per heavy atom. The third-order valence-corrected chi connectivity index (χ3v) is 8.06. The fourth-order valence-electron chi connectivity index (χ4n) is 5.61. The number of fused-ring (bicyclic) bond motifs is 8. The largest absolute Gasteiger partial charge is 0.657 e. The summed E-state index contributed by atoms with van der Waals surface area (Å²) >= 11 is 0. The molecule has 0 aromatic carbocycles. The van der Waals surface area contributed by atoms with Gasteiger partial charge in [-0.3, -0.25) is 9.59 Å². The molecule has 0 spiro atoms. The maximum absolute atomic E-state index is 11.5. The van der Waals surface area contributed by atoms with Crippen LogP contribution in [-0.4, -0.2) is 22.2 Å². The number of hydrogen-bond donors (Lipinski definition) is 2. The zero-order valence-electron chi connectivity index (χ0n) is 24.5. The summed E-state index contributed by atoms with van der Waals surface area (Å²) in [5.74, 6) is -1.80. The van der Waals surface area contributed by atoms with Gasteiger partial charge in [-0.2, -0.15) is 0 Å². The van der Waals surface area contributed by atoms with E-state index in [-0.39, 0.29) is 29.6 Å². The fraction of sp³-hybridized carbons (Fsp3) is 0.235. The number of aliphatic carboxylic acids is 2. The normalized spacial score (nSPS) is 15.0. The van der Waals surface area contributed by atoms with Crippen LogP contribution in [0.1, 0.15) is 80.1 Å². The second kappa shape index (κ2) is 12.4. The monoisotopic (exact) mass is 619 g/mol. The minimum atomic E-state index is -0.898. The summed E-state index contributed by atoms with van der Waals surface area (Å²) in [5, 5.41) is 21.7. The minimum absolute atomic E-state index is 0. The van der Waals surface area contributed by atoms with Gasteiger partial charge in [0.2, 0.25) is 0 Å². The first-order valence-corrected chi connectivity index (χ1v) is 13.8. The zero-order chi connectivity index (χ0) is 30.3. The van der Waals surface area contributed by atoms with Gasteiger partial charge in [0.15, 0.2) is 0 Å². The maximum Gasteiger partial charge on any atom is 0.303 e. The number of aromatic nitrogens is 4. The Kier molecular flexibility index (Phi) is 9.08. The van der Waals surface area contributed by atoms with Gasteiger partial charge in [0, 0.05) is 29.6 Å². The predicted molar refractivity (Wildman–Crippen MR) is 163 cm³/mol. The van der Waals surface area contributed by atoms with Crippen LogP contribution >= 0.6 is 0 Å². The first-order chi connectivity index (χ1) is 20.0. The molecule has 0 atom stereocenters. The molecule has 0 saturated heterocycles. The Morgan fingerprint density at radius 2 is 1.09 bits per heavy atom. The van der Waals surface area contributed by atoms with E-state index >= 15 is 0 Å². The van der Waals surface area contributed by atoms with Gasteiger partial charge in [-0.05, 0) is 51.7 Å². The number of rotatable bonds is 8. The molecule has 0 aliphatic carbocycles. The molecule has 43 heavy (non-hydrogen) atoms. The van der Waals surface area contributed by atoms with E-state index in [4.69, 9.17) is 19.9 Å². The Bertz CT molecular complexity index is 2030. The SMILES string of the molecule is C=Cc1c2[n-]c(c1C)/C=c1\[n-]/c(c(C)c1C=C)=C\c1[n-]c(c(CCC(=O)O)c1C)/C=c1\[n-]/c(c(C)c1CCC(=O)O)=C\2.[Co]. The zero-order valence-corrected chi connectivity index (χ0v) is 25.6. The van der Waals surface area contributed by atoms with Crippen molar-refractivity contribution in [3.8, 4) is 0 Å². The Morgan fingerprint density at radius 1 is 0.605 bits per heavy atom. The molecular weight excluding hydrogens is 587 g/mol. The third kappa shape index (κ3) is 5.91.